The molecule has 0 bridgehead atoms. The van der Waals surface area contributed by atoms with Gasteiger partial charge in [0.25, 0.3) is 0 Å². The van der Waals surface area contributed by atoms with Crippen molar-refractivity contribution in [2.45, 2.75) is 83.4 Å². The van der Waals surface area contributed by atoms with Crippen LogP contribution in [0.25, 0.3) is 0 Å². The van der Waals surface area contributed by atoms with Crippen LogP contribution in [0.15, 0.2) is 54.6 Å². The predicted octanol–water partition coefficient (Wildman–Crippen LogP) is 4.75. The average Bonchev–Trinajstić information content (AvgIpc) is 2.91. The van der Waals surface area contributed by atoms with Gasteiger partial charge in [0.05, 0.1) is 11.6 Å². The van der Waals surface area contributed by atoms with Crippen molar-refractivity contribution in [1.29, 1.82) is 5.26 Å². The van der Waals surface area contributed by atoms with E-state index in [1.165, 1.54) is 6.42 Å². The van der Waals surface area contributed by atoms with Crippen molar-refractivity contribution in [2.75, 3.05) is 0 Å². The van der Waals surface area contributed by atoms with Gasteiger partial charge in [0.1, 0.15) is 11.6 Å². The van der Waals surface area contributed by atoms with Crippen LogP contribution in [-0.2, 0) is 27.3 Å². The van der Waals surface area contributed by atoms with Crippen molar-refractivity contribution in [3.8, 4) is 6.07 Å². The van der Waals surface area contributed by atoms with Crippen molar-refractivity contribution in [1.82, 2.24) is 10.6 Å². The van der Waals surface area contributed by atoms with E-state index in [1.54, 1.807) is 38.1 Å². The van der Waals surface area contributed by atoms with Crippen LogP contribution in [0.2, 0.25) is 0 Å². The molecule has 208 valence electrons. The summed E-state index contributed by atoms with van der Waals surface area (Å²) in [6.45, 7) is 3.78. The molecule has 1 fully saturated rings. The number of nitriles is 1. The van der Waals surface area contributed by atoms with Crippen LogP contribution in [0.3, 0.4) is 0 Å². The molecular weight excluding hydrogens is 492 g/mol. The van der Waals surface area contributed by atoms with Crippen molar-refractivity contribution < 1.29 is 19.1 Å². The number of nitrogens with one attached hydrogen (secondary N) is 2. The number of amides is 3. The van der Waals surface area contributed by atoms with Crippen LogP contribution in [0, 0.1) is 23.2 Å². The maximum absolute atomic E-state index is 13.7. The molecule has 3 rings (SSSR count). The summed E-state index contributed by atoms with van der Waals surface area (Å²) in [5.74, 6) is -0.541. The summed E-state index contributed by atoms with van der Waals surface area (Å²) in [5.41, 5.74) is 6.70. The molecule has 0 aromatic heterocycles. The quantitative estimate of drug-likeness (QED) is 0.363. The van der Waals surface area contributed by atoms with Crippen LogP contribution in [0.1, 0.15) is 75.5 Å². The number of nitrogens with zero attached hydrogens (tertiary/aromatic N) is 1. The van der Waals surface area contributed by atoms with Gasteiger partial charge in [-0.1, -0.05) is 74.6 Å². The highest BCUT2D eigenvalue weighted by atomic mass is 16.6. The van der Waals surface area contributed by atoms with Gasteiger partial charge in [-0.05, 0) is 55.9 Å². The minimum Gasteiger partial charge on any atom is -0.444 e. The Kier molecular flexibility index (Phi) is 10.9. The molecule has 39 heavy (non-hydrogen) atoms. The first-order chi connectivity index (χ1) is 18.6. The van der Waals surface area contributed by atoms with Gasteiger partial charge in [-0.2, -0.15) is 5.26 Å². The summed E-state index contributed by atoms with van der Waals surface area (Å²) in [7, 11) is 0. The lowest BCUT2D eigenvalue weighted by Crippen LogP contribution is -2.50. The lowest BCUT2D eigenvalue weighted by atomic mass is 9.79. The Morgan fingerprint density at radius 2 is 1.67 bits per heavy atom. The van der Waals surface area contributed by atoms with Crippen LogP contribution in [-0.4, -0.2) is 29.6 Å². The fourth-order valence-electron chi connectivity index (χ4n) is 5.37. The van der Waals surface area contributed by atoms with Gasteiger partial charge in [-0.15, -0.1) is 0 Å². The largest absolute Gasteiger partial charge is 0.444 e. The van der Waals surface area contributed by atoms with E-state index in [-0.39, 0.29) is 18.4 Å². The smallest absolute Gasteiger partial charge is 0.405 e. The zero-order valence-corrected chi connectivity index (χ0v) is 22.9. The Hall–Kier alpha value is -3.86. The molecule has 0 radical (unpaired) electrons. The first kappa shape index (κ1) is 29.7. The van der Waals surface area contributed by atoms with Crippen LogP contribution >= 0.6 is 0 Å². The van der Waals surface area contributed by atoms with Gasteiger partial charge in [0, 0.05) is 18.9 Å². The molecule has 1 saturated carbocycles. The van der Waals surface area contributed by atoms with Gasteiger partial charge in [-0.25, -0.2) is 4.79 Å². The maximum atomic E-state index is 13.7. The Bertz CT molecular complexity index is 1140. The fourth-order valence-corrected chi connectivity index (χ4v) is 5.37. The second-order valence-electron chi connectivity index (χ2n) is 11.1. The molecule has 8 heteroatoms. The van der Waals surface area contributed by atoms with Gasteiger partial charge < -0.3 is 21.1 Å². The van der Waals surface area contributed by atoms with Gasteiger partial charge in [0.15, 0.2) is 0 Å². The number of rotatable bonds is 12. The van der Waals surface area contributed by atoms with Crippen LogP contribution < -0.4 is 16.4 Å². The summed E-state index contributed by atoms with van der Waals surface area (Å²) in [4.78, 5) is 38.6. The molecule has 3 amide bonds. The van der Waals surface area contributed by atoms with E-state index in [9.17, 15) is 14.4 Å². The standard InChI is InChI=1S/C31H40N4O4/c1-31(2,39-30(33)38)19-26(17-22-9-5-3-6-10-22)28(36)35-27(18-23-11-7-4-8-12-23)29(37)34-21-25-15-13-24(20-32)14-16-25/h4,7-8,11-16,22,26-27H,3,5-6,9-10,17-19,21H2,1-2H3,(H2,33,38)(H,34,37)(H,35,36). The number of nitrogens with two attached hydrogens (primary N) is 1. The Labute approximate surface area is 231 Å². The minimum atomic E-state index is -0.921. The van der Waals surface area contributed by atoms with Gasteiger partial charge in [-0.3, -0.25) is 9.59 Å². The van der Waals surface area contributed by atoms with E-state index in [2.05, 4.69) is 16.7 Å². The molecule has 2 unspecified atom stereocenters. The average molecular weight is 533 g/mol. The zero-order valence-electron chi connectivity index (χ0n) is 22.9. The minimum absolute atomic E-state index is 0.226. The van der Waals surface area contributed by atoms with E-state index in [4.69, 9.17) is 15.7 Å². The molecule has 0 spiro atoms. The normalized spacial score (nSPS) is 15.4. The molecule has 0 aliphatic heterocycles. The number of carbonyl (C=O) groups is 3. The first-order valence-electron chi connectivity index (χ1n) is 13.7. The van der Waals surface area contributed by atoms with Crippen molar-refractivity contribution in [3.63, 3.8) is 0 Å². The van der Waals surface area contributed by atoms with Crippen molar-refractivity contribution >= 4 is 17.9 Å². The molecule has 8 nitrogen and oxygen atoms in total. The first-order valence-corrected chi connectivity index (χ1v) is 13.7. The van der Waals surface area contributed by atoms with Crippen molar-refractivity contribution in [2.24, 2.45) is 17.6 Å². The lowest BCUT2D eigenvalue weighted by molar-refractivity contribution is -0.133. The molecule has 2 atom stereocenters. The van der Waals surface area contributed by atoms with E-state index in [1.807, 2.05) is 30.3 Å². The van der Waals surface area contributed by atoms with Crippen LogP contribution in [0.5, 0.6) is 0 Å². The summed E-state index contributed by atoms with van der Waals surface area (Å²) in [6.07, 6.45) is 6.08. The fraction of sp³-hybridized carbons (Fsp3) is 0.484. The second kappa shape index (κ2) is 14.3. The number of primary amides is 1. The molecule has 1 aliphatic carbocycles. The Morgan fingerprint density at radius 1 is 1.00 bits per heavy atom. The highest BCUT2D eigenvalue weighted by Gasteiger charge is 2.34. The zero-order chi connectivity index (χ0) is 28.3. The monoisotopic (exact) mass is 532 g/mol. The topological polar surface area (TPSA) is 134 Å². The number of hydrogen-bond donors (Lipinski definition) is 3. The summed E-state index contributed by atoms with van der Waals surface area (Å²) >= 11 is 0. The molecule has 2 aromatic rings. The van der Waals surface area contributed by atoms with E-state index < -0.39 is 23.7 Å². The number of ether oxygens (including phenoxy) is 1. The SMILES string of the molecule is CC(C)(CC(CC1CCCCC1)C(=O)NC(Cc1ccccc1)C(=O)NCc1ccc(C#N)cc1)OC(N)=O. The van der Waals surface area contributed by atoms with E-state index >= 15 is 0 Å². The molecule has 4 N–H and O–H groups in total. The molecular formula is C31H40N4O4. The highest BCUT2D eigenvalue weighted by Crippen LogP contribution is 2.33. The highest BCUT2D eigenvalue weighted by molar-refractivity contribution is 5.88. The second-order valence-corrected chi connectivity index (χ2v) is 11.1. The summed E-state index contributed by atoms with van der Waals surface area (Å²) in [6, 6.07) is 17.9. The van der Waals surface area contributed by atoms with Gasteiger partial charge in [0.2, 0.25) is 11.8 Å². The van der Waals surface area contributed by atoms with E-state index in [0.29, 0.717) is 30.7 Å². The number of benzene rings is 2. The lowest BCUT2D eigenvalue weighted by Gasteiger charge is -2.32. The predicted molar refractivity (Wildman–Crippen MR) is 149 cm³/mol. The summed E-state index contributed by atoms with van der Waals surface area (Å²) in [5, 5.41) is 15.0. The molecule has 0 saturated heterocycles. The maximum Gasteiger partial charge on any atom is 0.405 e. The molecule has 0 heterocycles. The molecule has 1 aliphatic rings. The third-order valence-electron chi connectivity index (χ3n) is 7.29. The number of carbonyl (C=O) groups excluding carboxylic acids is 3. The van der Waals surface area contributed by atoms with Crippen molar-refractivity contribution in [3.05, 3.63) is 71.3 Å². The Morgan fingerprint density at radius 3 is 2.28 bits per heavy atom. The number of hydrogen-bond acceptors (Lipinski definition) is 5. The molecule has 2 aromatic carbocycles. The van der Waals surface area contributed by atoms with E-state index in [0.717, 1.165) is 36.8 Å². The Balaban J connectivity index is 1.76. The van der Waals surface area contributed by atoms with Crippen LogP contribution in [0.4, 0.5) is 4.79 Å². The third-order valence-corrected chi connectivity index (χ3v) is 7.29. The summed E-state index contributed by atoms with van der Waals surface area (Å²) < 4.78 is 5.32. The van der Waals surface area contributed by atoms with Gasteiger partial charge >= 0.3 is 6.09 Å². The third kappa shape index (κ3) is 10.1.